The first-order valence-corrected chi connectivity index (χ1v) is 4.94. The van der Waals surface area contributed by atoms with Crippen molar-refractivity contribution in [3.05, 3.63) is 12.2 Å². The van der Waals surface area contributed by atoms with Crippen molar-refractivity contribution in [3.63, 3.8) is 0 Å². The number of methoxy groups -OCH3 is 1. The van der Waals surface area contributed by atoms with Crippen LogP contribution in [0.1, 0.15) is 12.2 Å². The van der Waals surface area contributed by atoms with Gasteiger partial charge in [0.15, 0.2) is 0 Å². The zero-order valence-electron chi connectivity index (χ0n) is 9.18. The zero-order valence-corrected chi connectivity index (χ0v) is 9.18. The predicted molar refractivity (Wildman–Crippen MR) is 55.2 cm³/mol. The van der Waals surface area contributed by atoms with Gasteiger partial charge in [-0.3, -0.25) is 4.68 Å². The van der Waals surface area contributed by atoms with Crippen LogP contribution in [0.15, 0.2) is 6.33 Å². The maximum absolute atomic E-state index is 9.36. The van der Waals surface area contributed by atoms with Crippen molar-refractivity contribution in [2.45, 2.75) is 19.1 Å². The molecule has 0 fully saturated rings. The number of aryl methyl sites for hydroxylation is 1. The van der Waals surface area contributed by atoms with Crippen LogP contribution >= 0.6 is 0 Å². The fourth-order valence-corrected chi connectivity index (χ4v) is 1.22. The third-order valence-electron chi connectivity index (χ3n) is 2.10. The summed E-state index contributed by atoms with van der Waals surface area (Å²) in [6.07, 6.45) is 1.80. The average Bonchev–Trinajstić information content (AvgIpc) is 2.60. The highest BCUT2D eigenvalue weighted by Gasteiger charge is 2.03. The van der Waals surface area contributed by atoms with Crippen molar-refractivity contribution in [2.24, 2.45) is 7.05 Å². The molecule has 1 aromatic rings. The monoisotopic (exact) mass is 214 g/mol. The molecule has 0 aliphatic heterocycles. The molecule has 1 rings (SSSR count). The van der Waals surface area contributed by atoms with E-state index in [2.05, 4.69) is 15.4 Å². The highest BCUT2D eigenvalue weighted by atomic mass is 16.5. The van der Waals surface area contributed by atoms with Gasteiger partial charge in [-0.1, -0.05) is 0 Å². The van der Waals surface area contributed by atoms with Crippen molar-refractivity contribution >= 4 is 0 Å². The van der Waals surface area contributed by atoms with Gasteiger partial charge < -0.3 is 15.2 Å². The van der Waals surface area contributed by atoms with Crippen LogP contribution in [0, 0.1) is 0 Å². The molecule has 6 nitrogen and oxygen atoms in total. The van der Waals surface area contributed by atoms with E-state index in [4.69, 9.17) is 4.74 Å². The molecule has 0 bridgehead atoms. The lowest BCUT2D eigenvalue weighted by Crippen LogP contribution is -2.24. The van der Waals surface area contributed by atoms with Crippen LogP contribution in [0.5, 0.6) is 0 Å². The molecule has 0 amide bonds. The third kappa shape index (κ3) is 4.37. The van der Waals surface area contributed by atoms with Crippen molar-refractivity contribution in [2.75, 3.05) is 20.3 Å². The summed E-state index contributed by atoms with van der Waals surface area (Å²) in [4.78, 5) is 4.07. The first-order valence-electron chi connectivity index (χ1n) is 4.94. The van der Waals surface area contributed by atoms with Crippen LogP contribution < -0.4 is 5.32 Å². The van der Waals surface area contributed by atoms with Crippen molar-refractivity contribution in [1.29, 1.82) is 0 Å². The van der Waals surface area contributed by atoms with Gasteiger partial charge in [0.2, 0.25) is 0 Å². The van der Waals surface area contributed by atoms with Crippen LogP contribution in [0.2, 0.25) is 0 Å². The molecule has 0 radical (unpaired) electrons. The molecule has 15 heavy (non-hydrogen) atoms. The summed E-state index contributed by atoms with van der Waals surface area (Å²) >= 11 is 0. The topological polar surface area (TPSA) is 72.2 Å². The molecule has 0 aliphatic rings. The Bertz CT molecular complexity index is 277. The van der Waals surface area contributed by atoms with Gasteiger partial charge in [0.25, 0.3) is 0 Å². The van der Waals surface area contributed by atoms with E-state index in [1.165, 1.54) is 6.33 Å². The van der Waals surface area contributed by atoms with E-state index in [9.17, 15) is 5.11 Å². The molecular formula is C9H18N4O2. The van der Waals surface area contributed by atoms with Gasteiger partial charge >= 0.3 is 0 Å². The lowest BCUT2D eigenvalue weighted by atomic mass is 10.2. The fourth-order valence-electron chi connectivity index (χ4n) is 1.22. The minimum atomic E-state index is -0.401. The molecule has 0 aromatic carbocycles. The van der Waals surface area contributed by atoms with Crippen LogP contribution in [-0.4, -0.2) is 46.2 Å². The maximum Gasteiger partial charge on any atom is 0.140 e. The number of nitrogens with one attached hydrogen (secondary N) is 1. The van der Waals surface area contributed by atoms with Crippen LogP contribution in [0.4, 0.5) is 0 Å². The number of aliphatic hydroxyl groups excluding tert-OH is 1. The zero-order chi connectivity index (χ0) is 11.1. The fraction of sp³-hybridized carbons (Fsp3) is 0.778. The van der Waals surface area contributed by atoms with Gasteiger partial charge in [-0.25, -0.2) is 4.98 Å². The van der Waals surface area contributed by atoms with E-state index in [0.29, 0.717) is 19.6 Å². The predicted octanol–water partition coefficient (Wildman–Crippen LogP) is -0.698. The number of ether oxygens (including phenoxy) is 1. The van der Waals surface area contributed by atoms with Gasteiger partial charge in [-0.2, -0.15) is 5.10 Å². The van der Waals surface area contributed by atoms with Gasteiger partial charge in [-0.15, -0.1) is 0 Å². The Balaban J connectivity index is 2.09. The van der Waals surface area contributed by atoms with E-state index >= 15 is 0 Å². The van der Waals surface area contributed by atoms with Gasteiger partial charge in [0.1, 0.15) is 12.2 Å². The molecular weight excluding hydrogens is 196 g/mol. The maximum atomic E-state index is 9.36. The first kappa shape index (κ1) is 12.1. The van der Waals surface area contributed by atoms with Crippen LogP contribution in [-0.2, 0) is 18.3 Å². The summed E-state index contributed by atoms with van der Waals surface area (Å²) < 4.78 is 6.54. The molecule has 0 saturated heterocycles. The molecule has 86 valence electrons. The van der Waals surface area contributed by atoms with Crippen LogP contribution in [0.25, 0.3) is 0 Å². The standard InChI is InChI=1S/C9H18N4O2/c1-13-9(11-7-12-13)5-10-4-3-8(14)6-15-2/h7-8,10,14H,3-6H2,1-2H3. The Kier molecular flexibility index (Phi) is 5.23. The van der Waals surface area contributed by atoms with Gasteiger partial charge in [0.05, 0.1) is 19.3 Å². The number of aromatic nitrogens is 3. The molecule has 0 aliphatic carbocycles. The summed E-state index contributed by atoms with van der Waals surface area (Å²) in [6, 6.07) is 0. The van der Waals surface area contributed by atoms with Crippen molar-refractivity contribution < 1.29 is 9.84 Å². The molecule has 6 heteroatoms. The van der Waals surface area contributed by atoms with Gasteiger partial charge in [0, 0.05) is 14.2 Å². The molecule has 1 atom stereocenters. The summed E-state index contributed by atoms with van der Waals surface area (Å²) in [5.74, 6) is 0.885. The van der Waals surface area contributed by atoms with E-state index in [-0.39, 0.29) is 0 Å². The number of hydrogen-bond donors (Lipinski definition) is 2. The van der Waals surface area contributed by atoms with Gasteiger partial charge in [-0.05, 0) is 13.0 Å². The van der Waals surface area contributed by atoms with Crippen LogP contribution in [0.3, 0.4) is 0 Å². The minimum Gasteiger partial charge on any atom is -0.391 e. The Labute approximate surface area is 89.3 Å². The smallest absolute Gasteiger partial charge is 0.140 e. The molecule has 1 heterocycles. The summed E-state index contributed by atoms with van der Waals surface area (Å²) in [5.41, 5.74) is 0. The SMILES string of the molecule is COCC(O)CCNCc1ncnn1C. The van der Waals surface area contributed by atoms with E-state index < -0.39 is 6.10 Å². The highest BCUT2D eigenvalue weighted by Crippen LogP contribution is 1.92. The average molecular weight is 214 g/mol. The number of nitrogens with zero attached hydrogens (tertiary/aromatic N) is 3. The lowest BCUT2D eigenvalue weighted by Gasteiger charge is -2.09. The Morgan fingerprint density at radius 2 is 2.47 bits per heavy atom. The Morgan fingerprint density at radius 3 is 3.07 bits per heavy atom. The summed E-state index contributed by atoms with van der Waals surface area (Å²) in [7, 11) is 3.43. The van der Waals surface area contributed by atoms with E-state index in [1.807, 2.05) is 7.05 Å². The quantitative estimate of drug-likeness (QED) is 0.587. The number of rotatable bonds is 7. The molecule has 1 aromatic heterocycles. The molecule has 2 N–H and O–H groups in total. The van der Waals surface area contributed by atoms with Crippen molar-refractivity contribution in [3.8, 4) is 0 Å². The molecule has 0 saturated carbocycles. The lowest BCUT2D eigenvalue weighted by molar-refractivity contribution is 0.0593. The number of aliphatic hydroxyl groups is 1. The first-order chi connectivity index (χ1) is 7.24. The number of hydrogen-bond acceptors (Lipinski definition) is 5. The Hall–Kier alpha value is -0.980. The normalized spacial score (nSPS) is 13.0. The summed E-state index contributed by atoms with van der Waals surface area (Å²) in [5, 5.41) is 16.5. The molecule has 0 spiro atoms. The Morgan fingerprint density at radius 1 is 1.67 bits per heavy atom. The van der Waals surface area contributed by atoms with E-state index in [1.54, 1.807) is 11.8 Å². The third-order valence-corrected chi connectivity index (χ3v) is 2.10. The second-order valence-electron chi connectivity index (χ2n) is 3.37. The second kappa shape index (κ2) is 6.49. The second-order valence-corrected chi connectivity index (χ2v) is 3.37. The minimum absolute atomic E-state index is 0.381. The summed E-state index contributed by atoms with van der Waals surface area (Å²) in [6.45, 7) is 1.78. The largest absolute Gasteiger partial charge is 0.391 e. The molecule has 1 unspecified atom stereocenters. The highest BCUT2D eigenvalue weighted by molar-refractivity contribution is 4.81. The van der Waals surface area contributed by atoms with Crippen molar-refractivity contribution in [1.82, 2.24) is 20.1 Å². The van der Waals surface area contributed by atoms with E-state index in [0.717, 1.165) is 12.4 Å².